The van der Waals surface area contributed by atoms with Crippen molar-refractivity contribution in [2.24, 2.45) is 7.05 Å². The van der Waals surface area contributed by atoms with Gasteiger partial charge in [-0.05, 0) is 36.0 Å². The maximum Gasteiger partial charge on any atom is 0.197 e. The molecule has 3 aromatic heterocycles. The Morgan fingerprint density at radius 3 is 2.62 bits per heavy atom. The van der Waals surface area contributed by atoms with E-state index >= 15 is 0 Å². The van der Waals surface area contributed by atoms with Crippen molar-refractivity contribution in [3.8, 4) is 17.5 Å². The molecule has 3 heterocycles. The Morgan fingerprint density at radius 2 is 1.95 bits per heavy atom. The lowest BCUT2D eigenvalue weighted by Crippen LogP contribution is -1.95. The molecule has 0 aliphatic carbocycles. The summed E-state index contributed by atoms with van der Waals surface area (Å²) < 4.78 is 1.90. The third-order valence-corrected chi connectivity index (χ3v) is 3.82. The molecule has 3 aromatic rings. The molecule has 6 nitrogen and oxygen atoms in total. The van der Waals surface area contributed by atoms with Gasteiger partial charge >= 0.3 is 0 Å². The van der Waals surface area contributed by atoms with E-state index in [2.05, 4.69) is 20.2 Å². The molecule has 0 atom stereocenters. The molecule has 7 heteroatoms. The van der Waals surface area contributed by atoms with Crippen molar-refractivity contribution in [1.29, 1.82) is 5.26 Å². The smallest absolute Gasteiger partial charge is 0.197 e. The number of aromatic nitrogens is 5. The third kappa shape index (κ3) is 2.75. The molecule has 3 rings (SSSR count). The van der Waals surface area contributed by atoms with E-state index in [1.165, 1.54) is 11.8 Å². The van der Waals surface area contributed by atoms with Gasteiger partial charge in [-0.25, -0.2) is 4.98 Å². The Bertz CT molecular complexity index is 789. The van der Waals surface area contributed by atoms with Crippen LogP contribution < -0.4 is 0 Å². The first-order chi connectivity index (χ1) is 10.3. The first-order valence-corrected chi connectivity index (χ1v) is 6.93. The molecular formula is C14H10N6S. The Labute approximate surface area is 125 Å². The van der Waals surface area contributed by atoms with E-state index in [1.807, 2.05) is 29.8 Å². The van der Waals surface area contributed by atoms with Crippen molar-refractivity contribution < 1.29 is 0 Å². The van der Waals surface area contributed by atoms with Crippen LogP contribution in [0.2, 0.25) is 0 Å². The maximum atomic E-state index is 8.76. The first-order valence-electron chi connectivity index (χ1n) is 6.12. The van der Waals surface area contributed by atoms with E-state index in [9.17, 15) is 0 Å². The standard InChI is InChI=1S/C14H10N6S/c1-20-13(11-4-6-16-7-5-11)18-19-14(20)21-12-3-2-10(8-15)9-17-12/h2-7,9H,1H3. The Balaban J connectivity index is 1.87. The van der Waals surface area contributed by atoms with Crippen molar-refractivity contribution in [2.75, 3.05) is 0 Å². The molecule has 0 radical (unpaired) electrons. The van der Waals surface area contributed by atoms with Gasteiger partial charge in [-0.3, -0.25) is 4.98 Å². The van der Waals surface area contributed by atoms with Crippen LogP contribution in [0.1, 0.15) is 5.56 Å². The highest BCUT2D eigenvalue weighted by atomic mass is 32.2. The summed E-state index contributed by atoms with van der Waals surface area (Å²) in [5, 5.41) is 18.6. The van der Waals surface area contributed by atoms with Crippen LogP contribution in [0.15, 0.2) is 53.0 Å². The van der Waals surface area contributed by atoms with Crippen molar-refractivity contribution in [1.82, 2.24) is 24.7 Å². The molecule has 0 aliphatic rings. The van der Waals surface area contributed by atoms with Crippen LogP contribution in [-0.4, -0.2) is 24.7 Å². The Morgan fingerprint density at radius 1 is 1.14 bits per heavy atom. The normalized spacial score (nSPS) is 10.3. The van der Waals surface area contributed by atoms with Gasteiger partial charge in [-0.1, -0.05) is 0 Å². The Kier molecular flexibility index (Phi) is 3.62. The maximum absolute atomic E-state index is 8.76. The summed E-state index contributed by atoms with van der Waals surface area (Å²) in [4.78, 5) is 8.21. The highest BCUT2D eigenvalue weighted by Gasteiger charge is 2.12. The predicted molar refractivity (Wildman–Crippen MR) is 77.3 cm³/mol. The minimum Gasteiger partial charge on any atom is -0.305 e. The summed E-state index contributed by atoms with van der Waals surface area (Å²) in [6.07, 6.45) is 4.99. The molecule has 0 saturated heterocycles. The van der Waals surface area contributed by atoms with E-state index in [0.717, 1.165) is 21.6 Å². The van der Waals surface area contributed by atoms with Gasteiger partial charge in [-0.2, -0.15) is 5.26 Å². The second kappa shape index (κ2) is 5.73. The lowest BCUT2D eigenvalue weighted by molar-refractivity contribution is 0.792. The van der Waals surface area contributed by atoms with Crippen LogP contribution in [-0.2, 0) is 7.05 Å². The van der Waals surface area contributed by atoms with Gasteiger partial charge < -0.3 is 4.57 Å². The van der Waals surface area contributed by atoms with Crippen LogP contribution in [0, 0.1) is 11.3 Å². The summed E-state index contributed by atoms with van der Waals surface area (Å²) in [7, 11) is 1.90. The number of hydrogen-bond acceptors (Lipinski definition) is 6. The summed E-state index contributed by atoms with van der Waals surface area (Å²) in [6, 6.07) is 9.35. The van der Waals surface area contributed by atoms with Crippen LogP contribution in [0.4, 0.5) is 0 Å². The van der Waals surface area contributed by atoms with Crippen molar-refractivity contribution in [3.63, 3.8) is 0 Å². The largest absolute Gasteiger partial charge is 0.305 e. The summed E-state index contributed by atoms with van der Waals surface area (Å²) in [5.74, 6) is 0.772. The molecule has 102 valence electrons. The highest BCUT2D eigenvalue weighted by Crippen LogP contribution is 2.27. The van der Waals surface area contributed by atoms with Gasteiger partial charge in [0.15, 0.2) is 11.0 Å². The number of nitriles is 1. The molecule has 0 aliphatic heterocycles. The van der Waals surface area contributed by atoms with Gasteiger partial charge in [0.25, 0.3) is 0 Å². The number of pyridine rings is 2. The molecule has 0 bridgehead atoms. The molecule has 0 amide bonds. The minimum absolute atomic E-state index is 0.537. The average molecular weight is 294 g/mol. The van der Waals surface area contributed by atoms with Crippen LogP contribution in [0.3, 0.4) is 0 Å². The number of rotatable bonds is 3. The molecule has 0 aromatic carbocycles. The molecule has 21 heavy (non-hydrogen) atoms. The van der Waals surface area contributed by atoms with Gasteiger partial charge in [-0.15, -0.1) is 10.2 Å². The summed E-state index contributed by atoms with van der Waals surface area (Å²) >= 11 is 1.40. The van der Waals surface area contributed by atoms with E-state index in [1.54, 1.807) is 30.7 Å². The second-order valence-corrected chi connectivity index (χ2v) is 5.19. The fourth-order valence-electron chi connectivity index (χ4n) is 1.76. The van der Waals surface area contributed by atoms with E-state index in [0.29, 0.717) is 5.56 Å². The van der Waals surface area contributed by atoms with Gasteiger partial charge in [0.2, 0.25) is 0 Å². The number of nitrogens with zero attached hydrogens (tertiary/aromatic N) is 6. The topological polar surface area (TPSA) is 80.3 Å². The third-order valence-electron chi connectivity index (χ3n) is 2.83. The molecule has 0 saturated carbocycles. The zero-order valence-electron chi connectivity index (χ0n) is 11.1. The fraction of sp³-hybridized carbons (Fsp3) is 0.0714. The molecule has 0 spiro atoms. The van der Waals surface area contributed by atoms with Gasteiger partial charge in [0.1, 0.15) is 11.1 Å². The van der Waals surface area contributed by atoms with Crippen LogP contribution in [0.25, 0.3) is 11.4 Å². The average Bonchev–Trinajstić information content (AvgIpc) is 2.90. The van der Waals surface area contributed by atoms with E-state index < -0.39 is 0 Å². The Hall–Kier alpha value is -2.72. The van der Waals surface area contributed by atoms with Gasteiger partial charge in [0.05, 0.1) is 5.56 Å². The molecular weight excluding hydrogens is 284 g/mol. The van der Waals surface area contributed by atoms with E-state index in [-0.39, 0.29) is 0 Å². The number of hydrogen-bond donors (Lipinski definition) is 0. The fourth-order valence-corrected chi connectivity index (χ4v) is 2.49. The molecule has 0 N–H and O–H groups in total. The predicted octanol–water partition coefficient (Wildman–Crippen LogP) is 2.29. The molecule has 0 fully saturated rings. The first kappa shape index (κ1) is 13.3. The monoisotopic (exact) mass is 294 g/mol. The summed E-state index contributed by atoms with van der Waals surface area (Å²) in [6.45, 7) is 0. The van der Waals surface area contributed by atoms with Crippen molar-refractivity contribution in [3.05, 3.63) is 48.4 Å². The summed E-state index contributed by atoms with van der Waals surface area (Å²) in [5.41, 5.74) is 1.49. The quantitative estimate of drug-likeness (QED) is 0.737. The lowest BCUT2D eigenvalue weighted by atomic mass is 10.2. The van der Waals surface area contributed by atoms with Gasteiger partial charge in [0, 0.05) is 31.2 Å². The lowest BCUT2D eigenvalue weighted by Gasteiger charge is -2.03. The van der Waals surface area contributed by atoms with Crippen molar-refractivity contribution >= 4 is 11.8 Å². The molecule has 0 unspecified atom stereocenters. The zero-order valence-corrected chi connectivity index (χ0v) is 11.9. The van der Waals surface area contributed by atoms with E-state index in [4.69, 9.17) is 5.26 Å². The van der Waals surface area contributed by atoms with Crippen molar-refractivity contribution in [2.45, 2.75) is 10.2 Å². The minimum atomic E-state index is 0.537. The SMILES string of the molecule is Cn1c(Sc2ccc(C#N)cn2)nnc1-c1ccncc1. The van der Waals surface area contributed by atoms with Crippen LogP contribution in [0.5, 0.6) is 0 Å². The zero-order chi connectivity index (χ0) is 14.7. The highest BCUT2D eigenvalue weighted by molar-refractivity contribution is 7.99. The van der Waals surface area contributed by atoms with Crippen LogP contribution >= 0.6 is 11.8 Å². The second-order valence-electron chi connectivity index (χ2n) is 4.20.